The molecule has 6 atom stereocenters. The molecule has 2 N–H and O–H groups in total. The maximum absolute atomic E-state index is 11.8. The van der Waals surface area contributed by atoms with Crippen molar-refractivity contribution in [3.05, 3.63) is 76.2 Å². The Bertz CT molecular complexity index is 1150. The van der Waals surface area contributed by atoms with Gasteiger partial charge in [-0.3, -0.25) is 9.80 Å². The monoisotopic (exact) mass is 461 g/mol. The van der Waals surface area contributed by atoms with Crippen LogP contribution in [0.3, 0.4) is 0 Å². The van der Waals surface area contributed by atoms with Crippen LogP contribution in [0.1, 0.15) is 18.4 Å². The van der Waals surface area contributed by atoms with Crippen molar-refractivity contribution in [1.29, 1.82) is 0 Å². The van der Waals surface area contributed by atoms with Crippen LogP contribution in [-0.2, 0) is 4.74 Å². The summed E-state index contributed by atoms with van der Waals surface area (Å²) >= 11 is 0. The predicted molar refractivity (Wildman–Crippen MR) is 132 cm³/mol. The van der Waals surface area contributed by atoms with Gasteiger partial charge in [-0.1, -0.05) is 42.5 Å². The van der Waals surface area contributed by atoms with Crippen LogP contribution in [0.2, 0.25) is 0 Å². The minimum atomic E-state index is -1.22. The van der Waals surface area contributed by atoms with Crippen molar-refractivity contribution in [3.8, 4) is 0 Å². The van der Waals surface area contributed by atoms with E-state index in [0.29, 0.717) is 12.2 Å². The third kappa shape index (κ3) is 2.65. The van der Waals surface area contributed by atoms with Crippen LogP contribution in [0.4, 0.5) is 0 Å². The van der Waals surface area contributed by atoms with Gasteiger partial charge in [0.1, 0.15) is 18.0 Å². The molecule has 2 heterocycles. The van der Waals surface area contributed by atoms with E-state index in [1.165, 1.54) is 16.7 Å². The molecule has 0 aromatic heterocycles. The highest BCUT2D eigenvalue weighted by molar-refractivity contribution is 5.72. The number of benzene rings is 1. The lowest BCUT2D eigenvalue weighted by molar-refractivity contribution is -0.130. The molecule has 0 amide bonds. The second-order valence-corrected chi connectivity index (χ2v) is 11.0. The molecular formula is C28H35N3O3. The summed E-state index contributed by atoms with van der Waals surface area (Å²) in [5, 5.41) is 23.4. The lowest BCUT2D eigenvalue weighted by Gasteiger charge is -2.60. The van der Waals surface area contributed by atoms with E-state index in [4.69, 9.17) is 4.74 Å². The van der Waals surface area contributed by atoms with Crippen LogP contribution in [0.15, 0.2) is 70.7 Å². The van der Waals surface area contributed by atoms with E-state index in [-0.39, 0.29) is 17.4 Å². The Morgan fingerprint density at radius 2 is 1.88 bits per heavy atom. The lowest BCUT2D eigenvalue weighted by atomic mass is 9.49. The maximum atomic E-state index is 11.8. The van der Waals surface area contributed by atoms with Gasteiger partial charge in [-0.15, -0.1) is 0 Å². The molecule has 1 aromatic carbocycles. The molecule has 6 rings (SSSR count). The van der Waals surface area contributed by atoms with E-state index in [9.17, 15) is 10.2 Å². The molecule has 2 bridgehead atoms. The average molecular weight is 462 g/mol. The molecule has 5 aliphatic rings. The van der Waals surface area contributed by atoms with Crippen LogP contribution in [0.25, 0.3) is 6.08 Å². The number of hydrogen-bond acceptors (Lipinski definition) is 6. The molecule has 6 heteroatoms. The number of nitrogens with zero attached hydrogens (tertiary/aromatic N) is 3. The van der Waals surface area contributed by atoms with Crippen LogP contribution < -0.4 is 0 Å². The first kappa shape index (κ1) is 22.1. The van der Waals surface area contributed by atoms with Crippen LogP contribution >= 0.6 is 0 Å². The summed E-state index contributed by atoms with van der Waals surface area (Å²) in [6.45, 7) is 0.912. The summed E-state index contributed by atoms with van der Waals surface area (Å²) in [4.78, 5) is 6.32. The van der Waals surface area contributed by atoms with Gasteiger partial charge in [-0.05, 0) is 56.9 Å². The van der Waals surface area contributed by atoms with E-state index in [0.717, 1.165) is 24.2 Å². The van der Waals surface area contributed by atoms with Gasteiger partial charge in [0, 0.05) is 49.2 Å². The summed E-state index contributed by atoms with van der Waals surface area (Å²) in [6, 6.07) is 10.7. The SMILES string of the molecule is CN(C)C1=C[C@H]2[C@H]3C(=Cc4ccccc4)C4=CCC(O)(N(C)C)C5=C4[C@@]2(CCN3C)[C@@H](O5)[C@H]1O. The molecule has 2 fully saturated rings. The van der Waals surface area contributed by atoms with Gasteiger partial charge in [0.2, 0.25) is 0 Å². The molecule has 180 valence electrons. The highest BCUT2D eigenvalue weighted by Crippen LogP contribution is 2.68. The highest BCUT2D eigenvalue weighted by Gasteiger charge is 2.69. The Labute approximate surface area is 202 Å². The van der Waals surface area contributed by atoms with Gasteiger partial charge in [0.25, 0.3) is 0 Å². The van der Waals surface area contributed by atoms with Gasteiger partial charge in [0.05, 0.1) is 0 Å². The number of aliphatic hydroxyl groups is 2. The summed E-state index contributed by atoms with van der Waals surface area (Å²) in [6.07, 6.45) is 7.01. The molecule has 1 saturated carbocycles. The van der Waals surface area contributed by atoms with Crippen LogP contribution in [0.5, 0.6) is 0 Å². The molecule has 1 unspecified atom stereocenters. The molecular weight excluding hydrogens is 426 g/mol. The topological polar surface area (TPSA) is 59.4 Å². The Kier molecular flexibility index (Phi) is 4.75. The normalized spacial score (nSPS) is 39.6. The zero-order valence-electron chi connectivity index (χ0n) is 20.7. The van der Waals surface area contributed by atoms with Crippen molar-refractivity contribution < 1.29 is 14.9 Å². The first-order valence-corrected chi connectivity index (χ1v) is 12.3. The van der Waals surface area contributed by atoms with Crippen LogP contribution in [-0.4, -0.2) is 90.7 Å². The smallest absolute Gasteiger partial charge is 0.180 e. The van der Waals surface area contributed by atoms with Crippen molar-refractivity contribution in [2.24, 2.45) is 11.3 Å². The number of likely N-dealkylation sites (tertiary alicyclic amines) is 1. The molecule has 34 heavy (non-hydrogen) atoms. The molecule has 0 radical (unpaired) electrons. The standard InChI is InChI=1S/C28H35N3O3/c1-29(2)21-16-20-23-19(15-17-9-7-6-8-10-17)18-11-12-28(33,30(3)4)25-22(18)27(20,13-14-31(23)5)26(34-25)24(21)32/h6-11,15-16,20,23-24,26,32-33H,12-14H2,1-5H3/t20-,23+,24-,26-,27-,28?/m0/s1. The fourth-order valence-electron chi connectivity index (χ4n) is 7.17. The average Bonchev–Trinajstić information content (AvgIpc) is 3.16. The number of aliphatic hydroxyl groups excluding tert-OH is 1. The van der Waals surface area contributed by atoms with Gasteiger partial charge in [-0.2, -0.15) is 0 Å². The summed E-state index contributed by atoms with van der Waals surface area (Å²) in [5.74, 6) is 0.778. The zero-order valence-corrected chi connectivity index (χ0v) is 20.7. The zero-order chi connectivity index (χ0) is 24.0. The molecule has 1 saturated heterocycles. The maximum Gasteiger partial charge on any atom is 0.180 e. The van der Waals surface area contributed by atoms with E-state index in [2.05, 4.69) is 54.4 Å². The van der Waals surface area contributed by atoms with Gasteiger partial charge in [-0.25, -0.2) is 0 Å². The quantitative estimate of drug-likeness (QED) is 0.675. The second kappa shape index (κ2) is 7.31. The predicted octanol–water partition coefficient (Wildman–Crippen LogP) is 2.44. The van der Waals surface area contributed by atoms with Gasteiger partial charge < -0.3 is 19.8 Å². The largest absolute Gasteiger partial charge is 0.486 e. The van der Waals surface area contributed by atoms with E-state index < -0.39 is 17.9 Å². The molecule has 3 aliphatic carbocycles. The van der Waals surface area contributed by atoms with E-state index in [1.807, 2.05) is 44.1 Å². The van der Waals surface area contributed by atoms with Crippen molar-refractivity contribution in [1.82, 2.24) is 14.7 Å². The van der Waals surface area contributed by atoms with Crippen molar-refractivity contribution in [3.63, 3.8) is 0 Å². The highest BCUT2D eigenvalue weighted by atomic mass is 16.5. The number of likely N-dealkylation sites (N-methyl/N-ethyl adjacent to an activating group) is 3. The molecule has 1 aromatic rings. The first-order chi connectivity index (χ1) is 16.2. The Morgan fingerprint density at radius 3 is 2.56 bits per heavy atom. The van der Waals surface area contributed by atoms with E-state index in [1.54, 1.807) is 0 Å². The van der Waals surface area contributed by atoms with Gasteiger partial charge >= 0.3 is 0 Å². The number of piperidine rings is 1. The molecule has 2 aliphatic heterocycles. The van der Waals surface area contributed by atoms with Crippen molar-refractivity contribution in [2.45, 2.75) is 36.8 Å². The Morgan fingerprint density at radius 1 is 1.15 bits per heavy atom. The number of rotatable bonds is 3. The molecule has 6 nitrogen and oxygen atoms in total. The summed E-state index contributed by atoms with van der Waals surface area (Å²) in [7, 11) is 9.98. The summed E-state index contributed by atoms with van der Waals surface area (Å²) < 4.78 is 6.71. The number of ether oxygens (including phenoxy) is 1. The fraction of sp³-hybridized carbons (Fsp3) is 0.500. The van der Waals surface area contributed by atoms with Crippen molar-refractivity contribution >= 4 is 6.08 Å². The fourth-order valence-corrected chi connectivity index (χ4v) is 7.17. The van der Waals surface area contributed by atoms with Crippen LogP contribution in [0, 0.1) is 11.3 Å². The van der Waals surface area contributed by atoms with Gasteiger partial charge in [0.15, 0.2) is 5.72 Å². The lowest BCUT2D eigenvalue weighted by Crippen LogP contribution is -2.64. The minimum Gasteiger partial charge on any atom is -0.486 e. The van der Waals surface area contributed by atoms with E-state index >= 15 is 0 Å². The Hall–Kier alpha value is -2.38. The molecule has 1 spiro atoms. The first-order valence-electron chi connectivity index (χ1n) is 12.3. The third-order valence-electron chi connectivity index (χ3n) is 8.90. The summed E-state index contributed by atoms with van der Waals surface area (Å²) in [5.41, 5.74) is 4.07. The third-order valence-corrected chi connectivity index (χ3v) is 8.90. The Balaban J connectivity index is 1.65. The second-order valence-electron chi connectivity index (χ2n) is 11.0. The number of hydrogen-bond donors (Lipinski definition) is 2. The minimum absolute atomic E-state index is 0.140. The van der Waals surface area contributed by atoms with Crippen molar-refractivity contribution in [2.75, 3.05) is 41.8 Å².